The molecular formula is C23H35N5O4. The number of imide groups is 1. The van der Waals surface area contributed by atoms with Gasteiger partial charge in [0.2, 0.25) is 0 Å². The lowest BCUT2D eigenvalue weighted by molar-refractivity contribution is 0.0526. The van der Waals surface area contributed by atoms with Crippen LogP contribution in [0, 0.1) is 0 Å². The maximum absolute atomic E-state index is 12.4. The predicted molar refractivity (Wildman–Crippen MR) is 124 cm³/mol. The van der Waals surface area contributed by atoms with E-state index in [1.807, 2.05) is 27.7 Å². The van der Waals surface area contributed by atoms with Gasteiger partial charge in [0.1, 0.15) is 5.60 Å². The minimum Gasteiger partial charge on any atom is -0.444 e. The lowest BCUT2D eigenvalue weighted by atomic mass is 10.1. The van der Waals surface area contributed by atoms with E-state index in [-0.39, 0.29) is 11.8 Å². The fraction of sp³-hybridized carbons (Fsp3) is 0.565. The van der Waals surface area contributed by atoms with Crippen LogP contribution in [0.2, 0.25) is 0 Å². The van der Waals surface area contributed by atoms with Crippen LogP contribution in [0.4, 0.5) is 4.79 Å². The van der Waals surface area contributed by atoms with E-state index < -0.39 is 11.7 Å². The van der Waals surface area contributed by atoms with E-state index >= 15 is 0 Å². The Hall–Kier alpha value is -3.10. The molecule has 1 aliphatic heterocycles. The molecule has 0 radical (unpaired) electrons. The summed E-state index contributed by atoms with van der Waals surface area (Å²) in [5.41, 5.74) is 0.459. The average molecular weight is 446 g/mol. The van der Waals surface area contributed by atoms with Crippen molar-refractivity contribution >= 4 is 23.9 Å². The van der Waals surface area contributed by atoms with Crippen molar-refractivity contribution < 1.29 is 19.1 Å². The van der Waals surface area contributed by atoms with E-state index in [1.54, 1.807) is 24.3 Å². The number of guanidine groups is 1. The monoisotopic (exact) mass is 445 g/mol. The molecule has 1 heterocycles. The van der Waals surface area contributed by atoms with Crippen molar-refractivity contribution in [2.24, 2.45) is 4.99 Å². The maximum atomic E-state index is 12.4. The van der Waals surface area contributed by atoms with Crippen molar-refractivity contribution in [1.29, 1.82) is 0 Å². The molecule has 9 heteroatoms. The molecule has 0 unspecified atom stereocenters. The Labute approximate surface area is 190 Å². The van der Waals surface area contributed by atoms with E-state index in [2.05, 4.69) is 20.9 Å². The van der Waals surface area contributed by atoms with Gasteiger partial charge in [0.15, 0.2) is 5.96 Å². The molecule has 0 atom stereocenters. The third-order valence-corrected chi connectivity index (χ3v) is 4.60. The molecule has 3 amide bonds. The summed E-state index contributed by atoms with van der Waals surface area (Å²) in [5.74, 6) is 0.271. The Bertz CT molecular complexity index is 797. The summed E-state index contributed by atoms with van der Waals surface area (Å²) < 4.78 is 5.19. The first-order chi connectivity index (χ1) is 15.2. The molecular weight excluding hydrogens is 410 g/mol. The Morgan fingerprint density at radius 2 is 1.59 bits per heavy atom. The lowest BCUT2D eigenvalue weighted by Gasteiger charge is -2.19. The van der Waals surface area contributed by atoms with Crippen LogP contribution in [0.5, 0.6) is 0 Å². The molecule has 2 rings (SSSR count). The molecule has 0 aromatic heterocycles. The molecule has 0 spiro atoms. The molecule has 1 aliphatic rings. The SMILES string of the molecule is CCNC(=NCCCNC(=O)OC(C)(C)C)NCCCCN1C(=O)c2ccccc2C1=O. The fourth-order valence-electron chi connectivity index (χ4n) is 3.16. The number of nitrogens with one attached hydrogen (secondary N) is 3. The van der Waals surface area contributed by atoms with Gasteiger partial charge >= 0.3 is 6.09 Å². The van der Waals surface area contributed by atoms with Gasteiger partial charge in [-0.25, -0.2) is 4.79 Å². The van der Waals surface area contributed by atoms with Crippen LogP contribution in [-0.4, -0.2) is 67.1 Å². The van der Waals surface area contributed by atoms with Crippen molar-refractivity contribution in [3.8, 4) is 0 Å². The molecule has 32 heavy (non-hydrogen) atoms. The fourth-order valence-corrected chi connectivity index (χ4v) is 3.16. The number of hydrogen-bond donors (Lipinski definition) is 3. The number of nitrogens with zero attached hydrogens (tertiary/aromatic N) is 2. The molecule has 1 aromatic carbocycles. The van der Waals surface area contributed by atoms with Gasteiger partial charge in [0, 0.05) is 32.7 Å². The first-order valence-corrected chi connectivity index (χ1v) is 11.2. The highest BCUT2D eigenvalue weighted by Crippen LogP contribution is 2.22. The molecule has 0 bridgehead atoms. The highest BCUT2D eigenvalue weighted by atomic mass is 16.6. The smallest absolute Gasteiger partial charge is 0.407 e. The van der Waals surface area contributed by atoms with E-state index in [0.717, 1.165) is 13.0 Å². The second-order valence-corrected chi connectivity index (χ2v) is 8.48. The highest BCUT2D eigenvalue weighted by Gasteiger charge is 2.34. The van der Waals surface area contributed by atoms with Gasteiger partial charge in [-0.1, -0.05) is 12.1 Å². The summed E-state index contributed by atoms with van der Waals surface area (Å²) in [6.45, 7) is 10.3. The zero-order valence-corrected chi connectivity index (χ0v) is 19.5. The number of carbonyl (C=O) groups is 3. The summed E-state index contributed by atoms with van der Waals surface area (Å²) in [5, 5.41) is 9.15. The number of aliphatic imine (C=N–C) groups is 1. The Kier molecular flexibility index (Phi) is 9.49. The van der Waals surface area contributed by atoms with Crippen LogP contribution in [0.1, 0.15) is 67.7 Å². The van der Waals surface area contributed by atoms with Crippen LogP contribution >= 0.6 is 0 Å². The second kappa shape index (κ2) is 12.1. The molecule has 1 aromatic rings. The first-order valence-electron chi connectivity index (χ1n) is 11.2. The van der Waals surface area contributed by atoms with E-state index in [0.29, 0.717) is 56.1 Å². The first kappa shape index (κ1) is 25.2. The van der Waals surface area contributed by atoms with Crippen LogP contribution < -0.4 is 16.0 Å². The largest absolute Gasteiger partial charge is 0.444 e. The second-order valence-electron chi connectivity index (χ2n) is 8.48. The Morgan fingerprint density at radius 1 is 0.969 bits per heavy atom. The molecule has 3 N–H and O–H groups in total. The van der Waals surface area contributed by atoms with Crippen LogP contribution in [0.3, 0.4) is 0 Å². The number of rotatable bonds is 10. The normalized spacial score (nSPS) is 13.8. The van der Waals surface area contributed by atoms with Crippen LogP contribution in [-0.2, 0) is 4.74 Å². The van der Waals surface area contributed by atoms with Gasteiger partial charge in [0.25, 0.3) is 11.8 Å². The molecule has 0 fully saturated rings. The zero-order chi connectivity index (χ0) is 23.6. The minimum absolute atomic E-state index is 0.214. The maximum Gasteiger partial charge on any atom is 0.407 e. The van der Waals surface area contributed by atoms with Gasteiger partial charge in [-0.05, 0) is 59.1 Å². The number of carbonyl (C=O) groups excluding carboxylic acids is 3. The average Bonchev–Trinajstić information content (AvgIpc) is 2.97. The van der Waals surface area contributed by atoms with E-state index in [4.69, 9.17) is 4.74 Å². The quantitative estimate of drug-likeness (QED) is 0.221. The standard InChI is InChI=1S/C23H35N5O4/c1-5-24-21(26-14-10-15-27-22(31)32-23(2,3)4)25-13-8-9-16-28-19(29)17-11-6-7-12-18(17)20(28)30/h6-7,11-12H,5,8-10,13-16H2,1-4H3,(H,27,31)(H2,24,25,26). The Balaban J connectivity index is 1.65. The van der Waals surface area contributed by atoms with Gasteiger partial charge in [-0.2, -0.15) is 0 Å². The molecule has 176 valence electrons. The third-order valence-electron chi connectivity index (χ3n) is 4.60. The summed E-state index contributed by atoms with van der Waals surface area (Å²) in [4.78, 5) is 42.2. The molecule has 0 saturated carbocycles. The lowest BCUT2D eigenvalue weighted by Crippen LogP contribution is -2.38. The summed E-state index contributed by atoms with van der Waals surface area (Å²) in [6.07, 6.45) is 1.76. The van der Waals surface area contributed by atoms with E-state index in [9.17, 15) is 14.4 Å². The molecule has 0 aliphatic carbocycles. The van der Waals surface area contributed by atoms with E-state index in [1.165, 1.54) is 4.90 Å². The number of amides is 3. The number of fused-ring (bicyclic) bond motifs is 1. The minimum atomic E-state index is -0.510. The van der Waals surface area contributed by atoms with Gasteiger partial charge in [0.05, 0.1) is 11.1 Å². The van der Waals surface area contributed by atoms with Crippen molar-refractivity contribution in [1.82, 2.24) is 20.9 Å². The molecule has 9 nitrogen and oxygen atoms in total. The van der Waals surface area contributed by atoms with Crippen LogP contribution in [0.25, 0.3) is 0 Å². The number of alkyl carbamates (subject to hydrolysis) is 1. The van der Waals surface area contributed by atoms with Gasteiger partial charge in [-0.3, -0.25) is 19.5 Å². The van der Waals surface area contributed by atoms with Crippen molar-refractivity contribution in [3.05, 3.63) is 35.4 Å². The van der Waals surface area contributed by atoms with Gasteiger partial charge < -0.3 is 20.7 Å². The highest BCUT2D eigenvalue weighted by molar-refractivity contribution is 6.21. The third kappa shape index (κ3) is 7.86. The van der Waals surface area contributed by atoms with Gasteiger partial charge in [-0.15, -0.1) is 0 Å². The Morgan fingerprint density at radius 3 is 2.19 bits per heavy atom. The van der Waals surface area contributed by atoms with Crippen molar-refractivity contribution in [3.63, 3.8) is 0 Å². The number of ether oxygens (including phenoxy) is 1. The van der Waals surface area contributed by atoms with Crippen molar-refractivity contribution in [2.45, 2.75) is 52.6 Å². The molecule has 0 saturated heterocycles. The summed E-state index contributed by atoms with van der Waals surface area (Å²) in [7, 11) is 0. The zero-order valence-electron chi connectivity index (χ0n) is 19.5. The number of benzene rings is 1. The number of hydrogen-bond acceptors (Lipinski definition) is 5. The van der Waals surface area contributed by atoms with Crippen LogP contribution in [0.15, 0.2) is 29.3 Å². The predicted octanol–water partition coefficient (Wildman–Crippen LogP) is 2.53. The summed E-state index contributed by atoms with van der Waals surface area (Å²) in [6, 6.07) is 6.93. The van der Waals surface area contributed by atoms with Crippen molar-refractivity contribution in [2.75, 3.05) is 32.7 Å². The number of unbranched alkanes of at least 4 members (excludes halogenated alkanes) is 1. The summed E-state index contributed by atoms with van der Waals surface area (Å²) >= 11 is 0. The topological polar surface area (TPSA) is 112 Å².